The summed E-state index contributed by atoms with van der Waals surface area (Å²) in [4.78, 5) is 26.2. The van der Waals surface area contributed by atoms with Crippen LogP contribution in [0.15, 0.2) is 44.1 Å². The monoisotopic (exact) mass is 315 g/mol. The second-order valence-electron chi connectivity index (χ2n) is 5.50. The predicted octanol–water partition coefficient (Wildman–Crippen LogP) is 2.11. The largest absolute Gasteiger partial charge is 0.420 e. The summed E-state index contributed by atoms with van der Waals surface area (Å²) in [7, 11) is 1.66. The van der Waals surface area contributed by atoms with Gasteiger partial charge < -0.3 is 13.8 Å². The van der Waals surface area contributed by atoms with Crippen molar-refractivity contribution < 1.29 is 13.7 Å². The minimum absolute atomic E-state index is 0.209. The van der Waals surface area contributed by atoms with Gasteiger partial charge in [-0.1, -0.05) is 17.3 Å². The Bertz CT molecular complexity index is 905. The maximum absolute atomic E-state index is 12.6. The molecule has 1 aromatic carbocycles. The highest BCUT2D eigenvalue weighted by Crippen LogP contribution is 2.18. The fraction of sp³-hybridized carbons (Fsp3) is 0.312. The van der Waals surface area contributed by atoms with Gasteiger partial charge in [-0.2, -0.15) is 0 Å². The molecule has 1 amide bonds. The van der Waals surface area contributed by atoms with Gasteiger partial charge in [0, 0.05) is 13.1 Å². The molecule has 23 heavy (non-hydrogen) atoms. The lowest BCUT2D eigenvalue weighted by atomic mass is 10.2. The van der Waals surface area contributed by atoms with Crippen LogP contribution in [-0.4, -0.2) is 27.6 Å². The molecule has 3 aromatic rings. The third kappa shape index (κ3) is 2.77. The summed E-state index contributed by atoms with van der Waals surface area (Å²) in [6, 6.07) is 8.13. The van der Waals surface area contributed by atoms with Crippen LogP contribution in [0.3, 0.4) is 0 Å². The fourth-order valence-corrected chi connectivity index (χ4v) is 2.59. The zero-order valence-electron chi connectivity index (χ0n) is 13.1. The number of amides is 1. The molecule has 0 bridgehead atoms. The van der Waals surface area contributed by atoms with Crippen molar-refractivity contribution >= 4 is 17.0 Å². The normalized spacial score (nSPS) is 12.5. The van der Waals surface area contributed by atoms with E-state index in [1.54, 1.807) is 51.2 Å². The molecule has 0 N–H and O–H groups in total. The molecule has 0 aliphatic carbocycles. The van der Waals surface area contributed by atoms with E-state index in [0.717, 1.165) is 0 Å². The van der Waals surface area contributed by atoms with Crippen LogP contribution in [0.4, 0.5) is 0 Å². The lowest BCUT2D eigenvalue weighted by molar-refractivity contribution is -0.133. The summed E-state index contributed by atoms with van der Waals surface area (Å²) >= 11 is 0. The molecule has 120 valence electrons. The van der Waals surface area contributed by atoms with E-state index in [9.17, 15) is 9.59 Å². The van der Waals surface area contributed by atoms with Gasteiger partial charge in [0.05, 0.1) is 12.1 Å². The topological polar surface area (TPSA) is 81.5 Å². The van der Waals surface area contributed by atoms with Gasteiger partial charge in [0.1, 0.15) is 17.5 Å². The predicted molar refractivity (Wildman–Crippen MR) is 82.9 cm³/mol. The van der Waals surface area contributed by atoms with E-state index in [1.807, 2.05) is 0 Å². The van der Waals surface area contributed by atoms with Gasteiger partial charge in [-0.05, 0) is 26.0 Å². The number of oxazole rings is 1. The minimum atomic E-state index is -0.677. The molecule has 0 radical (unpaired) electrons. The molecule has 2 aromatic heterocycles. The van der Waals surface area contributed by atoms with Crippen LogP contribution in [0.5, 0.6) is 0 Å². The highest BCUT2D eigenvalue weighted by atomic mass is 16.5. The van der Waals surface area contributed by atoms with Crippen LogP contribution in [0, 0.1) is 6.92 Å². The first-order valence-electron chi connectivity index (χ1n) is 7.24. The summed E-state index contributed by atoms with van der Waals surface area (Å²) in [6.07, 6.45) is 0. The summed E-state index contributed by atoms with van der Waals surface area (Å²) in [6.45, 7) is 3.78. The standard InChI is InChI=1S/C16H17N3O4/c1-10-8-12(17-23-10)9-18(3)15(20)11(2)19-13-6-4-5-7-14(13)22-16(19)21/h4-8,11H,9H2,1-3H3. The molecule has 0 spiro atoms. The Morgan fingerprint density at radius 2 is 2.13 bits per heavy atom. The summed E-state index contributed by atoms with van der Waals surface area (Å²) in [5.41, 5.74) is 1.73. The maximum Gasteiger partial charge on any atom is 0.420 e. The molecule has 7 heteroatoms. The Morgan fingerprint density at radius 1 is 1.39 bits per heavy atom. The van der Waals surface area contributed by atoms with Crippen molar-refractivity contribution in [3.8, 4) is 0 Å². The number of likely N-dealkylation sites (N-methyl/N-ethyl adjacent to an activating group) is 1. The zero-order chi connectivity index (χ0) is 16.6. The summed E-state index contributed by atoms with van der Waals surface area (Å²) < 4.78 is 11.5. The van der Waals surface area contributed by atoms with Crippen molar-refractivity contribution in [2.75, 3.05) is 7.05 Å². The Morgan fingerprint density at radius 3 is 2.83 bits per heavy atom. The number of hydrogen-bond acceptors (Lipinski definition) is 5. The van der Waals surface area contributed by atoms with E-state index in [4.69, 9.17) is 8.94 Å². The first kappa shape index (κ1) is 15.1. The molecule has 0 saturated carbocycles. The lowest BCUT2D eigenvalue weighted by Gasteiger charge is -2.20. The Labute approximate surface area is 132 Å². The van der Waals surface area contributed by atoms with Gasteiger partial charge in [0.15, 0.2) is 5.58 Å². The second-order valence-corrected chi connectivity index (χ2v) is 5.50. The average Bonchev–Trinajstić information content (AvgIpc) is 3.07. The number of rotatable bonds is 4. The zero-order valence-corrected chi connectivity index (χ0v) is 13.1. The van der Waals surface area contributed by atoms with Crippen molar-refractivity contribution in [2.45, 2.75) is 26.4 Å². The third-order valence-electron chi connectivity index (χ3n) is 3.72. The van der Waals surface area contributed by atoms with Gasteiger partial charge in [0.2, 0.25) is 5.91 Å². The van der Waals surface area contributed by atoms with E-state index >= 15 is 0 Å². The Hall–Kier alpha value is -2.83. The molecule has 0 fully saturated rings. The number of para-hydroxylation sites is 2. The number of aryl methyl sites for hydroxylation is 1. The van der Waals surface area contributed by atoms with Crippen molar-refractivity contribution in [1.82, 2.24) is 14.6 Å². The van der Waals surface area contributed by atoms with Crippen LogP contribution in [-0.2, 0) is 11.3 Å². The van der Waals surface area contributed by atoms with E-state index in [2.05, 4.69) is 5.16 Å². The Balaban J connectivity index is 1.86. The molecule has 2 heterocycles. The SMILES string of the molecule is Cc1cc(CN(C)C(=O)C(C)n2c(=O)oc3ccccc32)no1. The van der Waals surface area contributed by atoms with E-state index in [1.165, 1.54) is 9.47 Å². The van der Waals surface area contributed by atoms with Crippen LogP contribution in [0.2, 0.25) is 0 Å². The molecule has 0 aliphatic rings. The molecule has 7 nitrogen and oxygen atoms in total. The van der Waals surface area contributed by atoms with Gasteiger partial charge in [-0.25, -0.2) is 4.79 Å². The van der Waals surface area contributed by atoms with Crippen molar-refractivity contribution in [3.63, 3.8) is 0 Å². The number of aromatic nitrogens is 2. The van der Waals surface area contributed by atoms with E-state index in [-0.39, 0.29) is 5.91 Å². The second kappa shape index (κ2) is 5.75. The number of carbonyl (C=O) groups excluding carboxylic acids is 1. The molecular weight excluding hydrogens is 298 g/mol. The highest BCUT2D eigenvalue weighted by Gasteiger charge is 2.24. The fourth-order valence-electron chi connectivity index (χ4n) is 2.59. The quantitative estimate of drug-likeness (QED) is 0.736. The van der Waals surface area contributed by atoms with E-state index < -0.39 is 11.8 Å². The van der Waals surface area contributed by atoms with E-state index in [0.29, 0.717) is 29.1 Å². The van der Waals surface area contributed by atoms with Crippen molar-refractivity contribution in [2.24, 2.45) is 0 Å². The molecule has 1 atom stereocenters. The first-order chi connectivity index (χ1) is 11.0. The van der Waals surface area contributed by atoms with Gasteiger partial charge in [-0.3, -0.25) is 9.36 Å². The smallest absolute Gasteiger partial charge is 0.408 e. The molecule has 0 saturated heterocycles. The number of carbonyl (C=O) groups is 1. The van der Waals surface area contributed by atoms with Crippen LogP contribution < -0.4 is 5.76 Å². The number of benzene rings is 1. The van der Waals surface area contributed by atoms with Gasteiger partial charge >= 0.3 is 5.76 Å². The van der Waals surface area contributed by atoms with Crippen LogP contribution >= 0.6 is 0 Å². The van der Waals surface area contributed by atoms with Crippen molar-refractivity contribution in [1.29, 1.82) is 0 Å². The highest BCUT2D eigenvalue weighted by molar-refractivity contribution is 5.82. The molecule has 0 aliphatic heterocycles. The lowest BCUT2D eigenvalue weighted by Crippen LogP contribution is -2.35. The van der Waals surface area contributed by atoms with Crippen LogP contribution in [0.1, 0.15) is 24.4 Å². The first-order valence-corrected chi connectivity index (χ1v) is 7.24. The van der Waals surface area contributed by atoms with Gasteiger partial charge in [-0.15, -0.1) is 0 Å². The van der Waals surface area contributed by atoms with Crippen molar-refractivity contribution in [3.05, 3.63) is 52.3 Å². The Kier molecular flexibility index (Phi) is 3.77. The molecule has 3 rings (SSSR count). The average molecular weight is 315 g/mol. The van der Waals surface area contributed by atoms with Gasteiger partial charge in [0.25, 0.3) is 0 Å². The van der Waals surface area contributed by atoms with Crippen LogP contribution in [0.25, 0.3) is 11.1 Å². The minimum Gasteiger partial charge on any atom is -0.408 e. The number of fused-ring (bicyclic) bond motifs is 1. The maximum atomic E-state index is 12.6. The number of nitrogens with zero attached hydrogens (tertiary/aromatic N) is 3. The summed E-state index contributed by atoms with van der Waals surface area (Å²) in [5.74, 6) is -0.0667. The number of hydrogen-bond donors (Lipinski definition) is 0. The molecular formula is C16H17N3O4. The molecule has 1 unspecified atom stereocenters. The summed E-state index contributed by atoms with van der Waals surface area (Å²) in [5, 5.41) is 3.87. The third-order valence-corrected chi connectivity index (χ3v) is 3.72.